The highest BCUT2D eigenvalue weighted by Crippen LogP contribution is 2.29. The van der Waals surface area contributed by atoms with E-state index in [2.05, 4.69) is 55.9 Å². The van der Waals surface area contributed by atoms with Crippen molar-refractivity contribution in [2.75, 3.05) is 0 Å². The van der Waals surface area contributed by atoms with Crippen molar-refractivity contribution in [2.45, 2.75) is 20.3 Å². The Labute approximate surface area is 126 Å². The zero-order valence-corrected chi connectivity index (χ0v) is 13.2. The van der Waals surface area contributed by atoms with Crippen LogP contribution >= 0.6 is 15.9 Å². The van der Waals surface area contributed by atoms with Crippen molar-refractivity contribution in [3.8, 4) is 11.3 Å². The molecule has 0 saturated heterocycles. The third-order valence-corrected chi connectivity index (χ3v) is 3.88. The molecule has 0 radical (unpaired) electrons. The summed E-state index contributed by atoms with van der Waals surface area (Å²) in [6.45, 7) is 8.02. The van der Waals surface area contributed by atoms with Gasteiger partial charge in [-0.15, -0.1) is 0 Å². The maximum atomic E-state index is 4.62. The van der Waals surface area contributed by atoms with Crippen LogP contribution in [0.25, 0.3) is 23.0 Å². The van der Waals surface area contributed by atoms with Gasteiger partial charge in [0.05, 0.1) is 5.69 Å². The lowest BCUT2D eigenvalue weighted by Gasteiger charge is -2.03. The molecule has 3 aromatic heterocycles. The smallest absolute Gasteiger partial charge is 0.146 e. The molecule has 3 rings (SSSR count). The highest BCUT2D eigenvalue weighted by atomic mass is 79.9. The maximum Gasteiger partial charge on any atom is 0.146 e. The first kappa shape index (κ1) is 13.2. The molecule has 0 atom stereocenters. The van der Waals surface area contributed by atoms with E-state index in [0.717, 1.165) is 39.2 Å². The minimum absolute atomic E-state index is 0.963. The van der Waals surface area contributed by atoms with Gasteiger partial charge in [-0.1, -0.05) is 13.5 Å². The Morgan fingerprint density at radius 3 is 2.85 bits per heavy atom. The van der Waals surface area contributed by atoms with E-state index in [1.54, 1.807) is 0 Å². The number of halogens is 1. The van der Waals surface area contributed by atoms with Crippen molar-refractivity contribution in [1.29, 1.82) is 0 Å². The molecule has 3 nitrogen and oxygen atoms in total. The van der Waals surface area contributed by atoms with Gasteiger partial charge in [0, 0.05) is 33.8 Å². The van der Waals surface area contributed by atoms with E-state index in [0.29, 0.717) is 0 Å². The normalized spacial score (nSPS) is 11.2. The summed E-state index contributed by atoms with van der Waals surface area (Å²) in [5, 5.41) is 0. The third kappa shape index (κ3) is 2.10. The molecular weight excluding hydrogens is 314 g/mol. The number of nitrogens with one attached hydrogen (secondary N) is 1. The fourth-order valence-corrected chi connectivity index (χ4v) is 2.97. The second kappa shape index (κ2) is 4.94. The minimum atomic E-state index is 0.963. The maximum absolute atomic E-state index is 4.62. The summed E-state index contributed by atoms with van der Waals surface area (Å²) < 4.78 is 3.08. The Balaban J connectivity index is 2.28. The van der Waals surface area contributed by atoms with Crippen LogP contribution in [0.5, 0.6) is 0 Å². The van der Waals surface area contributed by atoms with E-state index in [4.69, 9.17) is 0 Å². The summed E-state index contributed by atoms with van der Waals surface area (Å²) in [4.78, 5) is 8.05. The van der Waals surface area contributed by atoms with Gasteiger partial charge in [0.2, 0.25) is 0 Å². The average Bonchev–Trinajstić information content (AvgIpc) is 2.99. The molecule has 0 saturated carbocycles. The second-order valence-corrected chi connectivity index (χ2v) is 5.78. The number of fused-ring (bicyclic) bond motifs is 1. The van der Waals surface area contributed by atoms with Crippen LogP contribution in [0, 0.1) is 6.92 Å². The zero-order valence-electron chi connectivity index (χ0n) is 11.6. The second-order valence-electron chi connectivity index (χ2n) is 4.86. The number of aryl methyl sites for hydroxylation is 2. The van der Waals surface area contributed by atoms with Crippen molar-refractivity contribution in [1.82, 2.24) is 14.4 Å². The Morgan fingerprint density at radius 2 is 2.20 bits per heavy atom. The van der Waals surface area contributed by atoms with Gasteiger partial charge in [0.15, 0.2) is 0 Å². The molecule has 0 amide bonds. The van der Waals surface area contributed by atoms with E-state index >= 15 is 0 Å². The molecular formula is C16H16BrN3. The molecule has 3 heterocycles. The van der Waals surface area contributed by atoms with Gasteiger partial charge in [0.25, 0.3) is 0 Å². The van der Waals surface area contributed by atoms with Crippen LogP contribution in [0.1, 0.15) is 23.9 Å². The number of H-pyrrole nitrogens is 1. The molecule has 102 valence electrons. The summed E-state index contributed by atoms with van der Waals surface area (Å²) in [5.74, 6) is 0. The molecule has 0 fully saturated rings. The molecule has 0 spiro atoms. The first-order valence-corrected chi connectivity index (χ1v) is 7.41. The minimum Gasteiger partial charge on any atom is -0.355 e. The molecule has 1 N–H and O–H groups in total. The largest absolute Gasteiger partial charge is 0.355 e. The van der Waals surface area contributed by atoms with Gasteiger partial charge in [0.1, 0.15) is 5.65 Å². The number of aromatic amines is 1. The zero-order chi connectivity index (χ0) is 14.3. The molecule has 3 aromatic rings. The SMILES string of the molecule is C=Cc1[nH]c(-c2cc(Br)cn3cc(C)nc23)cc1CC. The van der Waals surface area contributed by atoms with Gasteiger partial charge in [-0.3, -0.25) is 0 Å². The van der Waals surface area contributed by atoms with Gasteiger partial charge in [-0.05, 0) is 53.0 Å². The van der Waals surface area contributed by atoms with Gasteiger partial charge < -0.3 is 9.38 Å². The number of aromatic nitrogens is 3. The molecule has 0 aromatic carbocycles. The molecule has 0 unspecified atom stereocenters. The van der Waals surface area contributed by atoms with E-state index in [1.165, 1.54) is 5.56 Å². The van der Waals surface area contributed by atoms with Crippen LogP contribution in [0.15, 0.2) is 35.6 Å². The fourth-order valence-electron chi connectivity index (χ4n) is 2.52. The highest BCUT2D eigenvalue weighted by Gasteiger charge is 2.12. The molecule has 0 aliphatic rings. The van der Waals surface area contributed by atoms with Crippen LogP contribution < -0.4 is 0 Å². The van der Waals surface area contributed by atoms with Crippen LogP contribution in [-0.4, -0.2) is 14.4 Å². The standard InChI is InChI=1S/C16H16BrN3/c1-4-11-6-15(19-14(11)5-2)13-7-12(17)9-20-8-10(3)18-16(13)20/h5-9,19H,2,4H2,1,3H3. The van der Waals surface area contributed by atoms with Crippen LogP contribution in [-0.2, 0) is 6.42 Å². The van der Waals surface area contributed by atoms with Crippen LogP contribution in [0.2, 0.25) is 0 Å². The van der Waals surface area contributed by atoms with Crippen LogP contribution in [0.4, 0.5) is 0 Å². The number of hydrogen-bond acceptors (Lipinski definition) is 1. The fraction of sp³-hybridized carbons (Fsp3) is 0.188. The summed E-state index contributed by atoms with van der Waals surface area (Å²) >= 11 is 3.57. The summed E-state index contributed by atoms with van der Waals surface area (Å²) in [6, 6.07) is 4.28. The number of hydrogen-bond donors (Lipinski definition) is 1. The van der Waals surface area contributed by atoms with Crippen molar-refractivity contribution < 1.29 is 0 Å². The molecule has 0 aliphatic heterocycles. The van der Waals surface area contributed by atoms with E-state index in [9.17, 15) is 0 Å². The lowest BCUT2D eigenvalue weighted by molar-refractivity contribution is 1.13. The molecule has 4 heteroatoms. The Hall–Kier alpha value is -1.81. The summed E-state index contributed by atoms with van der Waals surface area (Å²) in [5.41, 5.74) is 6.50. The quantitative estimate of drug-likeness (QED) is 0.748. The summed E-state index contributed by atoms with van der Waals surface area (Å²) in [6.07, 6.45) is 6.91. The lowest BCUT2D eigenvalue weighted by Crippen LogP contribution is -1.88. The lowest BCUT2D eigenvalue weighted by atomic mass is 10.1. The van der Waals surface area contributed by atoms with E-state index < -0.39 is 0 Å². The highest BCUT2D eigenvalue weighted by molar-refractivity contribution is 9.10. The predicted octanol–water partition coefficient (Wildman–Crippen LogP) is 4.61. The first-order chi connectivity index (χ1) is 9.62. The van der Waals surface area contributed by atoms with Crippen molar-refractivity contribution in [2.24, 2.45) is 0 Å². The molecule has 0 bridgehead atoms. The number of pyridine rings is 1. The van der Waals surface area contributed by atoms with E-state index in [1.807, 2.05) is 25.4 Å². The van der Waals surface area contributed by atoms with Gasteiger partial charge in [-0.2, -0.15) is 0 Å². The number of rotatable bonds is 3. The van der Waals surface area contributed by atoms with Gasteiger partial charge in [-0.25, -0.2) is 4.98 Å². The monoisotopic (exact) mass is 329 g/mol. The number of nitrogens with zero attached hydrogens (tertiary/aromatic N) is 2. The first-order valence-electron chi connectivity index (χ1n) is 6.62. The van der Waals surface area contributed by atoms with Gasteiger partial charge >= 0.3 is 0 Å². The van der Waals surface area contributed by atoms with Crippen LogP contribution in [0.3, 0.4) is 0 Å². The molecule has 20 heavy (non-hydrogen) atoms. The van der Waals surface area contributed by atoms with Crippen molar-refractivity contribution in [3.05, 3.63) is 52.5 Å². The summed E-state index contributed by atoms with van der Waals surface area (Å²) in [7, 11) is 0. The van der Waals surface area contributed by atoms with Crippen molar-refractivity contribution >= 4 is 27.7 Å². The van der Waals surface area contributed by atoms with Crippen molar-refractivity contribution in [3.63, 3.8) is 0 Å². The topological polar surface area (TPSA) is 33.1 Å². The Kier molecular flexibility index (Phi) is 3.26. The Bertz CT molecular complexity index is 796. The third-order valence-electron chi connectivity index (χ3n) is 3.45. The Morgan fingerprint density at radius 1 is 1.40 bits per heavy atom. The predicted molar refractivity (Wildman–Crippen MR) is 86.9 cm³/mol. The molecule has 0 aliphatic carbocycles. The van der Waals surface area contributed by atoms with E-state index in [-0.39, 0.29) is 0 Å². The average molecular weight is 330 g/mol. The number of imidazole rings is 1.